The second-order valence-corrected chi connectivity index (χ2v) is 4.62. The van der Waals surface area contributed by atoms with E-state index in [2.05, 4.69) is 17.2 Å². The Balaban J connectivity index is 2.20. The highest BCUT2D eigenvalue weighted by atomic mass is 19.4. The van der Waals surface area contributed by atoms with Crippen molar-refractivity contribution in [3.63, 3.8) is 0 Å². The van der Waals surface area contributed by atoms with Crippen LogP contribution in [0.1, 0.15) is 11.1 Å². The molecular formula is C17H14F3N. The molecule has 0 bridgehead atoms. The lowest BCUT2D eigenvalue weighted by molar-refractivity contribution is -0.130. The number of rotatable bonds is 2. The van der Waals surface area contributed by atoms with Gasteiger partial charge in [0.15, 0.2) is 6.04 Å². The topological polar surface area (TPSA) is 12.0 Å². The highest BCUT2D eigenvalue weighted by Gasteiger charge is 2.38. The molecule has 0 amide bonds. The minimum atomic E-state index is -4.44. The normalized spacial score (nSPS) is 12.2. The number of halogens is 3. The van der Waals surface area contributed by atoms with Crippen molar-refractivity contribution in [3.8, 4) is 11.8 Å². The van der Waals surface area contributed by atoms with Gasteiger partial charge in [-0.1, -0.05) is 47.7 Å². The quantitative estimate of drug-likeness (QED) is 0.809. The maximum atomic E-state index is 13.0. The van der Waals surface area contributed by atoms with Gasteiger partial charge in [0, 0.05) is 11.3 Å². The van der Waals surface area contributed by atoms with Crippen LogP contribution in [0.2, 0.25) is 0 Å². The smallest absolute Gasteiger partial charge is 0.364 e. The number of aryl methyl sites for hydroxylation is 1. The van der Waals surface area contributed by atoms with E-state index >= 15 is 0 Å². The van der Waals surface area contributed by atoms with Gasteiger partial charge in [0.2, 0.25) is 0 Å². The van der Waals surface area contributed by atoms with E-state index in [-0.39, 0.29) is 0 Å². The molecule has 1 nitrogen and oxygen atoms in total. The van der Waals surface area contributed by atoms with E-state index in [4.69, 9.17) is 0 Å². The number of anilines is 1. The van der Waals surface area contributed by atoms with E-state index in [1.165, 1.54) is 0 Å². The first-order valence-corrected chi connectivity index (χ1v) is 6.42. The largest absolute Gasteiger partial charge is 0.420 e. The molecule has 108 valence electrons. The maximum absolute atomic E-state index is 13.0. The van der Waals surface area contributed by atoms with Crippen LogP contribution in [-0.4, -0.2) is 12.2 Å². The monoisotopic (exact) mass is 289 g/mol. The molecule has 0 aromatic heterocycles. The molecule has 0 saturated heterocycles. The lowest BCUT2D eigenvalue weighted by Crippen LogP contribution is -2.34. The zero-order valence-electron chi connectivity index (χ0n) is 11.4. The van der Waals surface area contributed by atoms with Crippen LogP contribution in [0.3, 0.4) is 0 Å². The number of hydrogen-bond acceptors (Lipinski definition) is 1. The molecule has 0 aliphatic rings. The number of benzene rings is 2. The molecule has 0 aliphatic heterocycles. The van der Waals surface area contributed by atoms with E-state index in [1.807, 2.05) is 6.92 Å². The summed E-state index contributed by atoms with van der Waals surface area (Å²) < 4.78 is 39.1. The second kappa shape index (κ2) is 6.36. The molecule has 21 heavy (non-hydrogen) atoms. The highest BCUT2D eigenvalue weighted by Crippen LogP contribution is 2.23. The van der Waals surface area contributed by atoms with E-state index in [1.54, 1.807) is 54.6 Å². The minimum Gasteiger partial charge on any atom is -0.364 e. The van der Waals surface area contributed by atoms with E-state index in [0.717, 1.165) is 5.56 Å². The van der Waals surface area contributed by atoms with Gasteiger partial charge >= 0.3 is 6.18 Å². The van der Waals surface area contributed by atoms with Gasteiger partial charge in [-0.25, -0.2) is 0 Å². The third-order valence-corrected chi connectivity index (χ3v) is 2.82. The zero-order valence-corrected chi connectivity index (χ0v) is 11.4. The number of hydrogen-bond donors (Lipinski definition) is 1. The Morgan fingerprint density at radius 1 is 0.952 bits per heavy atom. The first-order chi connectivity index (χ1) is 9.95. The molecule has 0 spiro atoms. The minimum absolute atomic E-state index is 0.394. The van der Waals surface area contributed by atoms with Crippen LogP contribution < -0.4 is 5.32 Å². The van der Waals surface area contributed by atoms with Gasteiger partial charge in [-0.05, 0) is 31.2 Å². The van der Waals surface area contributed by atoms with Crippen molar-refractivity contribution >= 4 is 5.69 Å². The summed E-state index contributed by atoms with van der Waals surface area (Å²) in [4.78, 5) is 0. The van der Waals surface area contributed by atoms with Gasteiger partial charge in [0.05, 0.1) is 0 Å². The van der Waals surface area contributed by atoms with E-state index in [9.17, 15) is 13.2 Å². The number of alkyl halides is 3. The van der Waals surface area contributed by atoms with Gasteiger partial charge in [-0.15, -0.1) is 0 Å². The fraction of sp³-hybridized carbons (Fsp3) is 0.176. The van der Waals surface area contributed by atoms with Gasteiger partial charge < -0.3 is 5.32 Å². The zero-order chi connectivity index (χ0) is 15.3. The van der Waals surface area contributed by atoms with Crippen LogP contribution >= 0.6 is 0 Å². The SMILES string of the molecule is Cc1ccc(N[C@H](C#Cc2ccccc2)C(F)(F)F)cc1. The van der Waals surface area contributed by atoms with Crippen molar-refractivity contribution in [1.82, 2.24) is 0 Å². The summed E-state index contributed by atoms with van der Waals surface area (Å²) in [6, 6.07) is 13.4. The van der Waals surface area contributed by atoms with Crippen LogP contribution in [0.5, 0.6) is 0 Å². The van der Waals surface area contributed by atoms with Crippen LogP contribution in [-0.2, 0) is 0 Å². The molecule has 1 atom stereocenters. The predicted octanol–water partition coefficient (Wildman–Crippen LogP) is 4.39. The maximum Gasteiger partial charge on any atom is 0.420 e. The Morgan fingerprint density at radius 2 is 1.57 bits per heavy atom. The molecule has 2 rings (SSSR count). The summed E-state index contributed by atoms with van der Waals surface area (Å²) in [5.74, 6) is 4.80. The predicted molar refractivity (Wildman–Crippen MR) is 78.0 cm³/mol. The number of nitrogens with one attached hydrogen (secondary N) is 1. The van der Waals surface area contributed by atoms with Crippen LogP contribution in [0, 0.1) is 18.8 Å². The summed E-state index contributed by atoms with van der Waals surface area (Å²) in [7, 11) is 0. The summed E-state index contributed by atoms with van der Waals surface area (Å²) >= 11 is 0. The van der Waals surface area contributed by atoms with Crippen LogP contribution in [0.4, 0.5) is 18.9 Å². The molecule has 0 aliphatic carbocycles. The molecule has 0 heterocycles. The van der Waals surface area contributed by atoms with Gasteiger partial charge in [-0.3, -0.25) is 0 Å². The van der Waals surface area contributed by atoms with Crippen molar-refractivity contribution in [1.29, 1.82) is 0 Å². The molecule has 0 radical (unpaired) electrons. The average molecular weight is 289 g/mol. The van der Waals surface area contributed by atoms with Crippen molar-refractivity contribution < 1.29 is 13.2 Å². The summed E-state index contributed by atoms with van der Waals surface area (Å²) in [5, 5.41) is 2.42. The highest BCUT2D eigenvalue weighted by molar-refractivity contribution is 5.48. The lowest BCUT2D eigenvalue weighted by atomic mass is 10.2. The third kappa shape index (κ3) is 4.57. The van der Waals surface area contributed by atoms with E-state index in [0.29, 0.717) is 11.3 Å². The molecule has 2 aromatic rings. The molecule has 2 aromatic carbocycles. The molecular weight excluding hydrogens is 275 g/mol. The molecule has 4 heteroatoms. The van der Waals surface area contributed by atoms with Crippen molar-refractivity contribution in [2.45, 2.75) is 19.1 Å². The Hall–Kier alpha value is -2.41. The fourth-order valence-corrected chi connectivity index (χ4v) is 1.69. The standard InChI is InChI=1S/C17H14F3N/c1-13-7-10-15(11-8-13)21-16(17(18,19)20)12-9-14-5-3-2-4-6-14/h2-8,10-11,16,21H,1H3/t16-/m1/s1. The first-order valence-electron chi connectivity index (χ1n) is 6.42. The second-order valence-electron chi connectivity index (χ2n) is 4.62. The lowest BCUT2D eigenvalue weighted by Gasteiger charge is -2.17. The Morgan fingerprint density at radius 3 is 2.14 bits per heavy atom. The molecule has 0 saturated carbocycles. The molecule has 0 fully saturated rings. The molecule has 0 unspecified atom stereocenters. The van der Waals surface area contributed by atoms with Crippen molar-refractivity contribution in [2.24, 2.45) is 0 Å². The molecule has 1 N–H and O–H groups in total. The average Bonchev–Trinajstić information content (AvgIpc) is 2.45. The summed E-state index contributed by atoms with van der Waals surface area (Å²) in [6.07, 6.45) is -4.44. The summed E-state index contributed by atoms with van der Waals surface area (Å²) in [5.41, 5.74) is 1.93. The van der Waals surface area contributed by atoms with Gasteiger partial charge in [0.1, 0.15) is 0 Å². The third-order valence-electron chi connectivity index (χ3n) is 2.82. The first kappa shape index (κ1) is 15.0. The van der Waals surface area contributed by atoms with Crippen LogP contribution in [0.15, 0.2) is 54.6 Å². The summed E-state index contributed by atoms with van der Waals surface area (Å²) in [6.45, 7) is 1.88. The van der Waals surface area contributed by atoms with E-state index < -0.39 is 12.2 Å². The van der Waals surface area contributed by atoms with Crippen molar-refractivity contribution in [2.75, 3.05) is 5.32 Å². The van der Waals surface area contributed by atoms with Gasteiger partial charge in [0.25, 0.3) is 0 Å². The Bertz CT molecular complexity index is 634. The van der Waals surface area contributed by atoms with Crippen LogP contribution in [0.25, 0.3) is 0 Å². The fourth-order valence-electron chi connectivity index (χ4n) is 1.69. The van der Waals surface area contributed by atoms with Crippen molar-refractivity contribution in [3.05, 3.63) is 65.7 Å². The Labute approximate surface area is 121 Å². The van der Waals surface area contributed by atoms with Gasteiger partial charge in [-0.2, -0.15) is 13.2 Å². The Kier molecular flexibility index (Phi) is 4.54.